The molecule has 1 fully saturated rings. The summed E-state index contributed by atoms with van der Waals surface area (Å²) >= 11 is 1.27. The summed E-state index contributed by atoms with van der Waals surface area (Å²) in [7, 11) is -1.55. The van der Waals surface area contributed by atoms with E-state index in [0.717, 1.165) is 4.90 Å². The zero-order chi connectivity index (χ0) is 20.3. The number of amides is 2. The van der Waals surface area contributed by atoms with E-state index in [1.54, 1.807) is 30.3 Å². The van der Waals surface area contributed by atoms with Gasteiger partial charge in [-0.1, -0.05) is 23.3 Å². The fourth-order valence-corrected chi connectivity index (χ4v) is 5.20. The number of aliphatic carboxylic acids is 1. The summed E-state index contributed by atoms with van der Waals surface area (Å²) in [5.41, 5.74) is 8.56. The topological polar surface area (TPSA) is 153 Å². The first-order valence-corrected chi connectivity index (χ1v) is 10.4. The van der Waals surface area contributed by atoms with Gasteiger partial charge in [-0.15, -0.1) is 11.8 Å². The maximum absolute atomic E-state index is 12.4. The molecule has 0 radical (unpaired) electrons. The number of hydrogen-bond acceptors (Lipinski definition) is 6. The minimum absolute atomic E-state index is 0.144. The van der Waals surface area contributed by atoms with Gasteiger partial charge in [0.25, 0.3) is 5.91 Å². The molecular formula is C16H15N5O5S2. The molecule has 12 heteroatoms. The molecule has 10 nitrogen and oxygen atoms in total. The number of benzene rings is 1. The minimum Gasteiger partial charge on any atom is -0.477 e. The molecule has 2 unspecified atom stereocenters. The maximum Gasteiger partial charge on any atom is 0.352 e. The lowest BCUT2D eigenvalue weighted by Gasteiger charge is -2.49. The number of nitrogens with one attached hydrogen (secondary N) is 1. The van der Waals surface area contributed by atoms with Crippen molar-refractivity contribution in [3.63, 3.8) is 0 Å². The van der Waals surface area contributed by atoms with Crippen LogP contribution in [0.3, 0.4) is 0 Å². The van der Waals surface area contributed by atoms with Crippen LogP contribution in [-0.4, -0.2) is 61.5 Å². The van der Waals surface area contributed by atoms with Gasteiger partial charge < -0.3 is 10.4 Å². The number of fused-ring (bicyclic) bond motifs is 1. The first-order chi connectivity index (χ1) is 13.4. The summed E-state index contributed by atoms with van der Waals surface area (Å²) in [6.07, 6.45) is 0. The highest BCUT2D eigenvalue weighted by molar-refractivity contribution is 8.00. The van der Waals surface area contributed by atoms with Crippen LogP contribution in [-0.2, 0) is 25.2 Å². The van der Waals surface area contributed by atoms with E-state index in [4.69, 9.17) is 5.53 Å². The van der Waals surface area contributed by atoms with Gasteiger partial charge in [0.15, 0.2) is 0 Å². The van der Waals surface area contributed by atoms with Crippen molar-refractivity contribution in [3.05, 3.63) is 52.0 Å². The van der Waals surface area contributed by atoms with Crippen LogP contribution in [0.5, 0.6) is 0 Å². The lowest BCUT2D eigenvalue weighted by atomic mass is 10.0. The largest absolute Gasteiger partial charge is 0.477 e. The number of nitrogens with zero attached hydrogens (tertiary/aromatic N) is 4. The lowest BCUT2D eigenvalue weighted by Crippen LogP contribution is -2.70. The summed E-state index contributed by atoms with van der Waals surface area (Å²) in [5, 5.41) is 14.8. The minimum atomic E-state index is -1.55. The molecule has 2 aliphatic heterocycles. The number of carboxylic acids is 1. The number of carbonyl (C=O) groups excluding carboxylic acids is 2. The van der Waals surface area contributed by atoms with Gasteiger partial charge >= 0.3 is 5.97 Å². The van der Waals surface area contributed by atoms with Gasteiger partial charge in [0.2, 0.25) is 5.91 Å². The third-order valence-electron chi connectivity index (χ3n) is 4.16. The highest BCUT2D eigenvalue weighted by Gasteiger charge is 2.54. The van der Waals surface area contributed by atoms with Crippen LogP contribution in [0.25, 0.3) is 10.4 Å². The Bertz CT molecular complexity index is 929. The zero-order valence-corrected chi connectivity index (χ0v) is 16.0. The molecule has 2 N–H and O–H groups in total. The van der Waals surface area contributed by atoms with Crippen LogP contribution in [0.4, 0.5) is 0 Å². The van der Waals surface area contributed by atoms with Gasteiger partial charge in [-0.3, -0.25) is 18.7 Å². The number of carboxylic acid groups (broad SMARTS) is 1. The Morgan fingerprint density at radius 1 is 1.39 bits per heavy atom. The molecule has 0 saturated carbocycles. The van der Waals surface area contributed by atoms with E-state index in [2.05, 4.69) is 15.3 Å². The van der Waals surface area contributed by atoms with E-state index in [-0.39, 0.29) is 23.7 Å². The zero-order valence-electron chi connectivity index (χ0n) is 14.3. The van der Waals surface area contributed by atoms with Crippen molar-refractivity contribution >= 4 is 40.3 Å². The fourth-order valence-electron chi connectivity index (χ4n) is 2.91. The van der Waals surface area contributed by atoms with Crippen molar-refractivity contribution < 1.29 is 23.7 Å². The normalized spacial score (nSPS) is 21.9. The molecule has 0 aliphatic carbocycles. The highest BCUT2D eigenvalue weighted by atomic mass is 32.2. The molecule has 2 amide bonds. The van der Waals surface area contributed by atoms with Gasteiger partial charge in [0, 0.05) is 15.6 Å². The van der Waals surface area contributed by atoms with Crippen molar-refractivity contribution in [3.8, 4) is 0 Å². The molecule has 2 aliphatic rings. The molecule has 28 heavy (non-hydrogen) atoms. The molecule has 0 aromatic heterocycles. The van der Waals surface area contributed by atoms with E-state index >= 15 is 0 Å². The lowest BCUT2D eigenvalue weighted by molar-refractivity contribution is -0.150. The molecule has 0 spiro atoms. The van der Waals surface area contributed by atoms with Crippen LogP contribution in [0.15, 0.2) is 51.6 Å². The van der Waals surface area contributed by atoms with Crippen molar-refractivity contribution in [1.29, 1.82) is 0 Å². The average Bonchev–Trinajstić information content (AvgIpc) is 2.70. The van der Waals surface area contributed by atoms with Crippen molar-refractivity contribution in [2.24, 2.45) is 5.11 Å². The predicted octanol–water partition coefficient (Wildman–Crippen LogP) is 0.843. The Morgan fingerprint density at radius 3 is 2.75 bits per heavy atom. The molecule has 2 heterocycles. The molecule has 1 aromatic carbocycles. The number of rotatable bonds is 7. The van der Waals surface area contributed by atoms with Gasteiger partial charge in [0.05, 0.1) is 17.3 Å². The monoisotopic (exact) mass is 421 g/mol. The summed E-state index contributed by atoms with van der Waals surface area (Å²) in [5.74, 6) is -2.45. The third-order valence-corrected chi connectivity index (χ3v) is 6.82. The first-order valence-electron chi connectivity index (χ1n) is 8.07. The molecule has 146 valence electrons. The Hall–Kier alpha value is -2.82. The number of thioether (sulfide) groups is 1. The molecule has 3 atom stereocenters. The van der Waals surface area contributed by atoms with Crippen LogP contribution >= 0.6 is 11.8 Å². The van der Waals surface area contributed by atoms with Crippen LogP contribution < -0.4 is 5.32 Å². The van der Waals surface area contributed by atoms with E-state index in [0.29, 0.717) is 10.5 Å². The van der Waals surface area contributed by atoms with E-state index < -0.39 is 40.0 Å². The van der Waals surface area contributed by atoms with Crippen LogP contribution in [0, 0.1) is 0 Å². The summed E-state index contributed by atoms with van der Waals surface area (Å²) in [6.45, 7) is -0.144. The highest BCUT2D eigenvalue weighted by Crippen LogP contribution is 2.40. The van der Waals surface area contributed by atoms with E-state index in [9.17, 15) is 23.7 Å². The quantitative estimate of drug-likeness (QED) is 0.288. The summed E-state index contributed by atoms with van der Waals surface area (Å²) in [6, 6.07) is 7.60. The molecule has 1 saturated heterocycles. The van der Waals surface area contributed by atoms with E-state index in [1.165, 1.54) is 11.8 Å². The van der Waals surface area contributed by atoms with Gasteiger partial charge in [-0.2, -0.15) is 0 Å². The van der Waals surface area contributed by atoms with Crippen molar-refractivity contribution in [2.75, 3.05) is 18.1 Å². The second kappa shape index (κ2) is 8.46. The van der Waals surface area contributed by atoms with Crippen LogP contribution in [0.1, 0.15) is 0 Å². The Kier molecular flexibility index (Phi) is 6.02. The molecule has 0 bridgehead atoms. The Morgan fingerprint density at radius 2 is 2.11 bits per heavy atom. The standard InChI is InChI=1S/C16H15N5O5S2/c17-20-18-6-9-7-27-15-12(14(23)21(15)13(9)16(24)25)19-11(22)8-28(26)10-4-2-1-3-5-10/h1-5,12,15H,6-8H2,(H,19,22)(H,24,25)/t12?,15-,28?/m0/s1. The Labute approximate surface area is 166 Å². The maximum atomic E-state index is 12.4. The van der Waals surface area contributed by atoms with Gasteiger partial charge in [0.1, 0.15) is 22.9 Å². The Balaban J connectivity index is 1.67. The fraction of sp³-hybridized carbons (Fsp3) is 0.312. The summed E-state index contributed by atoms with van der Waals surface area (Å²) in [4.78, 5) is 40.4. The number of hydrogen-bond donors (Lipinski definition) is 2. The molecule has 3 rings (SSSR count). The average molecular weight is 421 g/mol. The van der Waals surface area contributed by atoms with E-state index in [1.807, 2.05) is 0 Å². The third kappa shape index (κ3) is 3.88. The van der Waals surface area contributed by atoms with Crippen molar-refractivity contribution in [2.45, 2.75) is 16.3 Å². The van der Waals surface area contributed by atoms with Crippen molar-refractivity contribution in [1.82, 2.24) is 10.2 Å². The number of carbonyl (C=O) groups is 3. The predicted molar refractivity (Wildman–Crippen MR) is 101 cm³/mol. The molecular weight excluding hydrogens is 406 g/mol. The van der Waals surface area contributed by atoms with Crippen LogP contribution in [0.2, 0.25) is 0 Å². The van der Waals surface area contributed by atoms with Gasteiger partial charge in [-0.25, -0.2) is 4.79 Å². The number of β-lactam (4-membered cyclic amide) rings is 1. The SMILES string of the molecule is [N-]=[N+]=NCC1=C(C(=O)O)N2C(=O)C(NC(=O)CS(=O)c3ccccc3)[C@@H]2SC1. The summed E-state index contributed by atoms with van der Waals surface area (Å²) < 4.78 is 12.2. The first kappa shape index (κ1) is 19.9. The second-order valence-electron chi connectivity index (χ2n) is 5.90. The van der Waals surface area contributed by atoms with Gasteiger partial charge in [-0.05, 0) is 23.2 Å². The molecule has 1 aromatic rings. The smallest absolute Gasteiger partial charge is 0.352 e. The second-order valence-corrected chi connectivity index (χ2v) is 8.46. The number of azide groups is 1.